The summed E-state index contributed by atoms with van der Waals surface area (Å²) in [6.45, 7) is 3.73. The number of anilines is 1. The molecule has 10 heteroatoms. The van der Waals surface area contributed by atoms with Crippen LogP contribution in [0.4, 0.5) is 19.1 Å². The van der Waals surface area contributed by atoms with Crippen molar-refractivity contribution in [2.45, 2.75) is 13.0 Å². The standard InChI is InChI=1S/C25H24F3N5O2/c1-31-9-11-32(12-10-31)25-29-22-7-8-33(24(34)16-3-2-4-17(26)13-16)15-19(22)23(30-25)35-18-5-6-20(27)21(28)14-18/h2-6,13-14H,7-12,15H2,1H3. The van der Waals surface area contributed by atoms with Gasteiger partial charge in [0.2, 0.25) is 11.8 Å². The lowest BCUT2D eigenvalue weighted by molar-refractivity contribution is 0.0731. The summed E-state index contributed by atoms with van der Waals surface area (Å²) in [7, 11) is 2.05. The van der Waals surface area contributed by atoms with Gasteiger partial charge in [0.1, 0.15) is 11.6 Å². The van der Waals surface area contributed by atoms with Crippen LogP contribution >= 0.6 is 0 Å². The van der Waals surface area contributed by atoms with E-state index in [1.54, 1.807) is 11.0 Å². The maximum Gasteiger partial charge on any atom is 0.254 e. The summed E-state index contributed by atoms with van der Waals surface area (Å²) >= 11 is 0. The summed E-state index contributed by atoms with van der Waals surface area (Å²) in [6, 6.07) is 8.79. The average Bonchev–Trinajstić information content (AvgIpc) is 2.86. The quantitative estimate of drug-likeness (QED) is 0.565. The summed E-state index contributed by atoms with van der Waals surface area (Å²) in [5.41, 5.74) is 1.56. The van der Waals surface area contributed by atoms with Gasteiger partial charge in [0.15, 0.2) is 11.6 Å². The summed E-state index contributed by atoms with van der Waals surface area (Å²) < 4.78 is 46.9. The summed E-state index contributed by atoms with van der Waals surface area (Å²) in [5, 5.41) is 0. The molecule has 0 bridgehead atoms. The first-order valence-electron chi connectivity index (χ1n) is 11.4. The van der Waals surface area contributed by atoms with Crippen molar-refractivity contribution in [3.8, 4) is 11.6 Å². The number of fused-ring (bicyclic) bond motifs is 1. The largest absolute Gasteiger partial charge is 0.438 e. The van der Waals surface area contributed by atoms with E-state index in [2.05, 4.69) is 14.8 Å². The highest BCUT2D eigenvalue weighted by Crippen LogP contribution is 2.32. The third-order valence-electron chi connectivity index (χ3n) is 6.26. The second kappa shape index (κ2) is 9.53. The number of piperazine rings is 1. The number of aromatic nitrogens is 2. The second-order valence-electron chi connectivity index (χ2n) is 8.71. The Hall–Kier alpha value is -3.66. The van der Waals surface area contributed by atoms with Gasteiger partial charge in [-0.1, -0.05) is 6.07 Å². The Balaban J connectivity index is 1.48. The van der Waals surface area contributed by atoms with Crippen molar-refractivity contribution < 1.29 is 22.7 Å². The molecule has 1 aromatic heterocycles. The predicted octanol–water partition coefficient (Wildman–Crippen LogP) is 3.64. The van der Waals surface area contributed by atoms with E-state index < -0.39 is 17.5 Å². The molecule has 1 fully saturated rings. The van der Waals surface area contributed by atoms with Crippen molar-refractivity contribution >= 4 is 11.9 Å². The number of likely N-dealkylation sites (N-methyl/N-ethyl adjacent to an activating group) is 1. The summed E-state index contributed by atoms with van der Waals surface area (Å²) in [4.78, 5) is 28.3. The Morgan fingerprint density at radius 1 is 0.943 bits per heavy atom. The molecule has 0 radical (unpaired) electrons. The SMILES string of the molecule is CN1CCN(c2nc3c(c(Oc4ccc(F)c(F)c4)n2)CN(C(=O)c2cccc(F)c2)CC3)CC1. The number of carbonyl (C=O) groups is 1. The van der Waals surface area contributed by atoms with E-state index in [-0.39, 0.29) is 29.6 Å². The monoisotopic (exact) mass is 483 g/mol. The van der Waals surface area contributed by atoms with Crippen LogP contribution in [-0.2, 0) is 13.0 Å². The molecule has 182 valence electrons. The van der Waals surface area contributed by atoms with E-state index in [1.165, 1.54) is 24.3 Å². The van der Waals surface area contributed by atoms with E-state index in [9.17, 15) is 18.0 Å². The molecule has 0 atom stereocenters. The molecule has 7 nitrogen and oxygen atoms in total. The zero-order chi connectivity index (χ0) is 24.5. The van der Waals surface area contributed by atoms with Gasteiger partial charge < -0.3 is 19.4 Å². The molecule has 2 aliphatic rings. The van der Waals surface area contributed by atoms with Gasteiger partial charge in [-0.2, -0.15) is 4.98 Å². The van der Waals surface area contributed by atoms with Crippen LogP contribution in [0, 0.1) is 17.5 Å². The topological polar surface area (TPSA) is 61.8 Å². The molecule has 0 aliphatic carbocycles. The molecule has 0 saturated carbocycles. The molecule has 0 spiro atoms. The van der Waals surface area contributed by atoms with Gasteiger partial charge in [0.05, 0.1) is 17.8 Å². The molecule has 2 aliphatic heterocycles. The third-order valence-corrected chi connectivity index (χ3v) is 6.26. The number of carbonyl (C=O) groups excluding carboxylic acids is 1. The molecule has 1 amide bonds. The maximum atomic E-state index is 13.8. The number of hydrogen-bond acceptors (Lipinski definition) is 6. The third kappa shape index (κ3) is 4.93. The smallest absolute Gasteiger partial charge is 0.254 e. The number of benzene rings is 2. The Morgan fingerprint density at radius 2 is 1.74 bits per heavy atom. The van der Waals surface area contributed by atoms with Gasteiger partial charge in [0.25, 0.3) is 5.91 Å². The van der Waals surface area contributed by atoms with Gasteiger partial charge >= 0.3 is 0 Å². The average molecular weight is 483 g/mol. The fourth-order valence-electron chi connectivity index (χ4n) is 4.23. The van der Waals surface area contributed by atoms with Crippen molar-refractivity contribution in [2.75, 3.05) is 44.7 Å². The van der Waals surface area contributed by atoms with Crippen molar-refractivity contribution in [1.29, 1.82) is 0 Å². The molecule has 0 N–H and O–H groups in total. The minimum Gasteiger partial charge on any atom is -0.438 e. The first-order valence-corrected chi connectivity index (χ1v) is 11.4. The van der Waals surface area contributed by atoms with Crippen LogP contribution in [0.3, 0.4) is 0 Å². The Labute approximate surface area is 200 Å². The van der Waals surface area contributed by atoms with E-state index in [0.29, 0.717) is 24.5 Å². The number of hydrogen-bond donors (Lipinski definition) is 0. The van der Waals surface area contributed by atoms with Gasteiger partial charge in [-0.25, -0.2) is 18.2 Å². The fraction of sp³-hybridized carbons (Fsp3) is 0.320. The number of rotatable bonds is 4. The van der Waals surface area contributed by atoms with Crippen LogP contribution in [0.5, 0.6) is 11.6 Å². The highest BCUT2D eigenvalue weighted by molar-refractivity contribution is 5.94. The molecule has 2 aromatic carbocycles. The number of halogens is 3. The fourth-order valence-corrected chi connectivity index (χ4v) is 4.23. The molecule has 3 heterocycles. The minimum absolute atomic E-state index is 0.0858. The van der Waals surface area contributed by atoms with Crippen LogP contribution in [0.2, 0.25) is 0 Å². The molecular weight excluding hydrogens is 459 g/mol. The molecule has 3 aromatic rings. The Kier molecular flexibility index (Phi) is 6.29. The lowest BCUT2D eigenvalue weighted by atomic mass is 10.0. The Morgan fingerprint density at radius 3 is 2.49 bits per heavy atom. The van der Waals surface area contributed by atoms with Crippen molar-refractivity contribution in [3.63, 3.8) is 0 Å². The normalized spacial score (nSPS) is 16.2. The van der Waals surface area contributed by atoms with E-state index in [1.807, 2.05) is 7.05 Å². The van der Waals surface area contributed by atoms with Crippen LogP contribution in [0.1, 0.15) is 21.6 Å². The van der Waals surface area contributed by atoms with E-state index in [4.69, 9.17) is 9.72 Å². The van der Waals surface area contributed by atoms with Gasteiger partial charge in [-0.3, -0.25) is 4.79 Å². The first-order chi connectivity index (χ1) is 16.9. The molecule has 0 unspecified atom stereocenters. The first kappa shape index (κ1) is 23.1. The van der Waals surface area contributed by atoms with Gasteiger partial charge in [0, 0.05) is 50.8 Å². The molecule has 5 rings (SSSR count). The second-order valence-corrected chi connectivity index (χ2v) is 8.71. The summed E-state index contributed by atoms with van der Waals surface area (Å²) in [5.74, 6) is -2.05. The highest BCUT2D eigenvalue weighted by Gasteiger charge is 2.29. The predicted molar refractivity (Wildman–Crippen MR) is 123 cm³/mol. The van der Waals surface area contributed by atoms with Crippen molar-refractivity contribution in [1.82, 2.24) is 19.8 Å². The zero-order valence-corrected chi connectivity index (χ0v) is 19.2. The summed E-state index contributed by atoms with van der Waals surface area (Å²) in [6.07, 6.45) is 0.452. The number of ether oxygens (including phenoxy) is 1. The lowest BCUT2D eigenvalue weighted by Gasteiger charge is -2.34. The molecular formula is C25H24F3N5O2. The van der Waals surface area contributed by atoms with E-state index in [0.717, 1.165) is 44.0 Å². The van der Waals surface area contributed by atoms with E-state index >= 15 is 0 Å². The maximum absolute atomic E-state index is 13.8. The van der Waals surface area contributed by atoms with Gasteiger partial charge in [-0.05, 0) is 37.4 Å². The van der Waals surface area contributed by atoms with Crippen LogP contribution < -0.4 is 9.64 Å². The zero-order valence-electron chi connectivity index (χ0n) is 19.2. The van der Waals surface area contributed by atoms with Gasteiger partial charge in [-0.15, -0.1) is 0 Å². The van der Waals surface area contributed by atoms with Crippen LogP contribution in [0.25, 0.3) is 0 Å². The lowest BCUT2D eigenvalue weighted by Crippen LogP contribution is -2.45. The minimum atomic E-state index is -1.03. The van der Waals surface area contributed by atoms with Crippen LogP contribution in [0.15, 0.2) is 42.5 Å². The number of amides is 1. The van der Waals surface area contributed by atoms with Crippen LogP contribution in [-0.4, -0.2) is 65.4 Å². The Bertz CT molecular complexity index is 1260. The molecule has 1 saturated heterocycles. The number of nitrogens with zero attached hydrogens (tertiary/aromatic N) is 5. The van der Waals surface area contributed by atoms with Crippen molar-refractivity contribution in [3.05, 3.63) is 76.7 Å². The van der Waals surface area contributed by atoms with Crippen molar-refractivity contribution in [2.24, 2.45) is 0 Å². The highest BCUT2D eigenvalue weighted by atomic mass is 19.2. The molecule has 35 heavy (non-hydrogen) atoms.